The highest BCUT2D eigenvalue weighted by molar-refractivity contribution is 7.13. The number of aromatic nitrogens is 5. The first kappa shape index (κ1) is 24.6. The number of benzene rings is 1. The maximum absolute atomic E-state index is 13.8. The van der Waals surface area contributed by atoms with Gasteiger partial charge in [-0.15, -0.1) is 11.3 Å². The summed E-state index contributed by atoms with van der Waals surface area (Å²) in [6.07, 6.45) is -3.31. The molecular formula is C22H12Cl3F3N6OS. The summed E-state index contributed by atoms with van der Waals surface area (Å²) in [5.74, 6) is -0.925. The first-order chi connectivity index (χ1) is 17.1. The summed E-state index contributed by atoms with van der Waals surface area (Å²) >= 11 is 19.9. The van der Waals surface area contributed by atoms with Crippen LogP contribution in [0.5, 0.6) is 0 Å². The lowest BCUT2D eigenvalue weighted by Crippen LogP contribution is -2.16. The van der Waals surface area contributed by atoms with Crippen molar-refractivity contribution in [3.63, 3.8) is 0 Å². The number of nitrogens with one attached hydrogen (secondary N) is 1. The predicted molar refractivity (Wildman–Crippen MR) is 132 cm³/mol. The molecule has 1 aromatic carbocycles. The van der Waals surface area contributed by atoms with Crippen molar-refractivity contribution in [1.82, 2.24) is 24.4 Å². The predicted octanol–water partition coefficient (Wildman–Crippen LogP) is 6.93. The van der Waals surface area contributed by atoms with Crippen molar-refractivity contribution in [2.24, 2.45) is 0 Å². The van der Waals surface area contributed by atoms with E-state index in [4.69, 9.17) is 34.8 Å². The number of carbonyl (C=O) groups excluding carboxylic acids is 1. The fourth-order valence-electron chi connectivity index (χ4n) is 3.42. The van der Waals surface area contributed by atoms with Crippen LogP contribution in [-0.2, 0) is 12.7 Å². The van der Waals surface area contributed by atoms with E-state index in [0.717, 1.165) is 11.6 Å². The summed E-state index contributed by atoms with van der Waals surface area (Å²) in [4.78, 5) is 17.7. The van der Waals surface area contributed by atoms with Gasteiger partial charge in [-0.1, -0.05) is 59.1 Å². The zero-order valence-corrected chi connectivity index (χ0v) is 20.8. The van der Waals surface area contributed by atoms with E-state index in [-0.39, 0.29) is 33.7 Å². The Morgan fingerprint density at radius 2 is 1.83 bits per heavy atom. The number of fused-ring (bicyclic) bond motifs is 1. The normalized spacial score (nSPS) is 11.8. The Balaban J connectivity index is 1.49. The van der Waals surface area contributed by atoms with E-state index in [1.54, 1.807) is 29.6 Å². The summed E-state index contributed by atoms with van der Waals surface area (Å²) in [7, 11) is 0. The van der Waals surface area contributed by atoms with Crippen LogP contribution in [0.25, 0.3) is 16.2 Å². The molecule has 0 radical (unpaired) electrons. The zero-order valence-electron chi connectivity index (χ0n) is 17.7. The van der Waals surface area contributed by atoms with E-state index in [2.05, 4.69) is 20.5 Å². The van der Waals surface area contributed by atoms with Crippen LogP contribution in [-0.4, -0.2) is 30.3 Å². The maximum atomic E-state index is 13.8. The molecule has 0 aliphatic rings. The maximum Gasteiger partial charge on any atom is 0.433 e. The molecule has 14 heteroatoms. The van der Waals surface area contributed by atoms with Crippen molar-refractivity contribution in [2.75, 3.05) is 5.32 Å². The molecule has 4 heterocycles. The molecule has 0 fully saturated rings. The van der Waals surface area contributed by atoms with Gasteiger partial charge in [0.25, 0.3) is 5.91 Å². The minimum absolute atomic E-state index is 0.0230. The van der Waals surface area contributed by atoms with E-state index in [1.165, 1.54) is 22.2 Å². The quantitative estimate of drug-likeness (QED) is 0.248. The minimum atomic E-state index is -4.78. The van der Waals surface area contributed by atoms with Crippen molar-refractivity contribution >= 4 is 63.5 Å². The van der Waals surface area contributed by atoms with Gasteiger partial charge in [0.2, 0.25) is 0 Å². The fraction of sp³-hybridized carbons (Fsp3) is 0.0909. The third-order valence-corrected chi connectivity index (χ3v) is 6.94. The number of thiophene rings is 1. The molecule has 0 saturated heterocycles. The minimum Gasteiger partial charge on any atom is -0.302 e. The number of anilines is 1. The first-order valence-electron chi connectivity index (χ1n) is 10.1. The van der Waals surface area contributed by atoms with Crippen LogP contribution in [0.4, 0.5) is 19.0 Å². The lowest BCUT2D eigenvalue weighted by atomic mass is 10.2. The second kappa shape index (κ2) is 9.40. The number of nitrogens with zero attached hydrogens (tertiary/aromatic N) is 5. The van der Waals surface area contributed by atoms with Gasteiger partial charge in [0.15, 0.2) is 22.9 Å². The van der Waals surface area contributed by atoms with E-state index < -0.39 is 23.5 Å². The van der Waals surface area contributed by atoms with Crippen molar-refractivity contribution in [3.05, 3.63) is 86.1 Å². The van der Waals surface area contributed by atoms with Gasteiger partial charge in [-0.3, -0.25) is 9.48 Å². The Morgan fingerprint density at radius 3 is 2.53 bits per heavy atom. The number of halogens is 6. The number of hydrogen-bond acceptors (Lipinski definition) is 5. The molecule has 0 aliphatic heterocycles. The van der Waals surface area contributed by atoms with Crippen LogP contribution in [0.15, 0.2) is 54.0 Å². The molecule has 36 heavy (non-hydrogen) atoms. The standard InChI is InChI=1S/C22H12Cl3F3N6OS/c23-12-5-2-1-4-11(12)9-33-10-13(24)19(32-33)30-21(35)18-17(25)20-29-14(15-6-3-7-36-15)8-16(22(26,27)28)34(20)31-18/h1-8,10H,9H2,(H,30,32,35). The zero-order chi connectivity index (χ0) is 25.6. The Morgan fingerprint density at radius 1 is 1.06 bits per heavy atom. The average molecular weight is 572 g/mol. The summed E-state index contributed by atoms with van der Waals surface area (Å²) in [6, 6.07) is 11.3. The van der Waals surface area contributed by atoms with Gasteiger partial charge < -0.3 is 5.32 Å². The van der Waals surface area contributed by atoms with E-state index >= 15 is 0 Å². The Kier molecular flexibility index (Phi) is 6.41. The van der Waals surface area contributed by atoms with Crippen LogP contribution in [0, 0.1) is 0 Å². The molecule has 4 aromatic heterocycles. The summed E-state index contributed by atoms with van der Waals surface area (Å²) < 4.78 is 43.4. The number of hydrogen-bond donors (Lipinski definition) is 1. The fourth-order valence-corrected chi connectivity index (χ4v) is 4.75. The number of carbonyl (C=O) groups is 1. The smallest absolute Gasteiger partial charge is 0.302 e. The summed E-state index contributed by atoms with van der Waals surface area (Å²) in [5.41, 5.74) is -1.07. The van der Waals surface area contributed by atoms with Gasteiger partial charge in [-0.25, -0.2) is 9.50 Å². The molecule has 0 atom stereocenters. The van der Waals surface area contributed by atoms with Crippen LogP contribution in [0.3, 0.4) is 0 Å². The van der Waals surface area contributed by atoms with Crippen molar-refractivity contribution in [2.45, 2.75) is 12.7 Å². The molecule has 0 saturated carbocycles. The molecule has 0 spiro atoms. The molecular weight excluding hydrogens is 560 g/mol. The van der Waals surface area contributed by atoms with Crippen molar-refractivity contribution in [3.8, 4) is 10.6 Å². The highest BCUT2D eigenvalue weighted by Crippen LogP contribution is 2.35. The molecule has 0 unspecified atom stereocenters. The molecule has 5 aromatic rings. The van der Waals surface area contributed by atoms with Gasteiger partial charge in [-0.2, -0.15) is 23.4 Å². The molecule has 7 nitrogen and oxygen atoms in total. The highest BCUT2D eigenvalue weighted by atomic mass is 35.5. The van der Waals surface area contributed by atoms with Crippen LogP contribution in [0.2, 0.25) is 15.1 Å². The second-order valence-corrected chi connectivity index (χ2v) is 9.61. The van der Waals surface area contributed by atoms with Crippen molar-refractivity contribution in [1.29, 1.82) is 0 Å². The molecule has 1 amide bonds. The Labute approximate surface area is 220 Å². The van der Waals surface area contributed by atoms with Crippen LogP contribution < -0.4 is 5.32 Å². The average Bonchev–Trinajstić information content (AvgIpc) is 3.55. The Bertz CT molecular complexity index is 1600. The van der Waals surface area contributed by atoms with Gasteiger partial charge >= 0.3 is 6.18 Å². The summed E-state index contributed by atoms with van der Waals surface area (Å²) in [6.45, 7) is 0.273. The third-order valence-electron chi connectivity index (χ3n) is 5.05. The third kappa shape index (κ3) is 4.66. The van der Waals surface area contributed by atoms with E-state index in [1.807, 2.05) is 12.1 Å². The monoisotopic (exact) mass is 570 g/mol. The molecule has 0 bridgehead atoms. The lowest BCUT2D eigenvalue weighted by molar-refractivity contribution is -0.142. The molecule has 184 valence electrons. The topological polar surface area (TPSA) is 77.1 Å². The lowest BCUT2D eigenvalue weighted by Gasteiger charge is -2.10. The van der Waals surface area contributed by atoms with Gasteiger partial charge in [0.05, 0.1) is 17.1 Å². The number of alkyl halides is 3. The largest absolute Gasteiger partial charge is 0.433 e. The number of amides is 1. The highest BCUT2D eigenvalue weighted by Gasteiger charge is 2.37. The van der Waals surface area contributed by atoms with Gasteiger partial charge in [0, 0.05) is 11.2 Å². The van der Waals surface area contributed by atoms with Gasteiger partial charge in [-0.05, 0) is 29.1 Å². The van der Waals surface area contributed by atoms with Crippen molar-refractivity contribution < 1.29 is 18.0 Å². The van der Waals surface area contributed by atoms with E-state index in [9.17, 15) is 18.0 Å². The van der Waals surface area contributed by atoms with Crippen LogP contribution >= 0.6 is 46.1 Å². The Hall–Kier alpha value is -3.12. The molecule has 5 rings (SSSR count). The van der Waals surface area contributed by atoms with E-state index in [0.29, 0.717) is 14.4 Å². The molecule has 0 aliphatic carbocycles. The first-order valence-corrected chi connectivity index (χ1v) is 12.1. The van der Waals surface area contributed by atoms with Gasteiger partial charge in [0.1, 0.15) is 10.0 Å². The molecule has 1 N–H and O–H groups in total. The van der Waals surface area contributed by atoms with Crippen LogP contribution in [0.1, 0.15) is 21.7 Å². The second-order valence-electron chi connectivity index (χ2n) is 7.47. The summed E-state index contributed by atoms with van der Waals surface area (Å²) in [5, 5.41) is 12.5. The SMILES string of the molecule is O=C(Nc1nn(Cc2ccccc2Cl)cc1Cl)c1nn2c(C(F)(F)F)cc(-c3cccs3)nc2c1Cl. The number of rotatable bonds is 5.